The van der Waals surface area contributed by atoms with Crippen LogP contribution in [0.3, 0.4) is 0 Å². The van der Waals surface area contributed by atoms with Crippen LogP contribution in [0.15, 0.2) is 18.2 Å². The van der Waals surface area contributed by atoms with Gasteiger partial charge in [0.05, 0.1) is 7.11 Å². The molecule has 2 atom stereocenters. The van der Waals surface area contributed by atoms with Gasteiger partial charge in [-0.3, -0.25) is 0 Å². The van der Waals surface area contributed by atoms with Crippen LogP contribution in [0.1, 0.15) is 50.8 Å². The molecule has 0 aromatic heterocycles. The van der Waals surface area contributed by atoms with Crippen molar-refractivity contribution in [1.29, 1.82) is 0 Å². The average Bonchev–Trinajstić information content (AvgIpc) is 2.38. The maximum Gasteiger partial charge on any atom is 0.123 e. The largest absolute Gasteiger partial charge is 0.496 e. The van der Waals surface area contributed by atoms with Gasteiger partial charge in [0, 0.05) is 11.6 Å². The molecule has 3 heteroatoms. The van der Waals surface area contributed by atoms with Crippen molar-refractivity contribution in [2.45, 2.75) is 39.7 Å². The molecule has 0 aliphatic rings. The minimum atomic E-state index is -0.0846. The third-order valence-electron chi connectivity index (χ3n) is 3.87. The van der Waals surface area contributed by atoms with Crippen LogP contribution < -0.4 is 16.2 Å². The minimum absolute atomic E-state index is 0.0846. The lowest BCUT2D eigenvalue weighted by Crippen LogP contribution is -2.32. The molecule has 0 heterocycles. The van der Waals surface area contributed by atoms with E-state index in [9.17, 15) is 0 Å². The fourth-order valence-electron chi connectivity index (χ4n) is 2.44. The summed E-state index contributed by atoms with van der Waals surface area (Å²) in [6.45, 7) is 9.28. The van der Waals surface area contributed by atoms with Crippen molar-refractivity contribution in [3.63, 3.8) is 0 Å². The summed E-state index contributed by atoms with van der Waals surface area (Å²) < 4.78 is 5.45. The molecule has 108 valence electrons. The summed E-state index contributed by atoms with van der Waals surface area (Å²) in [7, 11) is 1.69. The fourth-order valence-corrected chi connectivity index (χ4v) is 2.44. The molecule has 1 rings (SSSR count). The van der Waals surface area contributed by atoms with E-state index in [-0.39, 0.29) is 12.0 Å². The van der Waals surface area contributed by atoms with Crippen molar-refractivity contribution in [2.75, 3.05) is 13.7 Å². The highest BCUT2D eigenvalue weighted by Crippen LogP contribution is 2.33. The first-order valence-corrected chi connectivity index (χ1v) is 7.05. The van der Waals surface area contributed by atoms with E-state index in [0.29, 0.717) is 18.4 Å². The molecule has 0 aliphatic heterocycles. The van der Waals surface area contributed by atoms with Crippen molar-refractivity contribution in [1.82, 2.24) is 0 Å². The molecular weight excluding hydrogens is 236 g/mol. The molecule has 4 N–H and O–H groups in total. The third-order valence-corrected chi connectivity index (χ3v) is 3.87. The highest BCUT2D eigenvalue weighted by molar-refractivity contribution is 5.40. The zero-order valence-electron chi connectivity index (χ0n) is 12.8. The van der Waals surface area contributed by atoms with Crippen molar-refractivity contribution in [3.8, 4) is 5.75 Å². The zero-order chi connectivity index (χ0) is 14.6. The van der Waals surface area contributed by atoms with Crippen molar-refractivity contribution < 1.29 is 4.74 Å². The van der Waals surface area contributed by atoms with E-state index >= 15 is 0 Å². The molecule has 3 nitrogen and oxygen atoms in total. The predicted octanol–water partition coefficient (Wildman–Crippen LogP) is 3.05. The van der Waals surface area contributed by atoms with Gasteiger partial charge in [-0.1, -0.05) is 39.8 Å². The van der Waals surface area contributed by atoms with Crippen LogP contribution in [0.5, 0.6) is 5.75 Å². The smallest absolute Gasteiger partial charge is 0.123 e. The monoisotopic (exact) mass is 264 g/mol. The highest BCUT2D eigenvalue weighted by Gasteiger charge is 2.24. The van der Waals surface area contributed by atoms with Gasteiger partial charge in [0.15, 0.2) is 0 Å². The number of hydrogen-bond acceptors (Lipinski definition) is 3. The Morgan fingerprint density at radius 1 is 1.16 bits per heavy atom. The average molecular weight is 264 g/mol. The van der Waals surface area contributed by atoms with Gasteiger partial charge in [-0.05, 0) is 35.9 Å². The second-order valence-electron chi connectivity index (χ2n) is 5.83. The van der Waals surface area contributed by atoms with Gasteiger partial charge >= 0.3 is 0 Å². The molecule has 0 radical (unpaired) electrons. The Hall–Kier alpha value is -1.06. The van der Waals surface area contributed by atoms with Crippen LogP contribution in [0, 0.1) is 11.8 Å². The third kappa shape index (κ3) is 3.71. The van der Waals surface area contributed by atoms with E-state index in [1.54, 1.807) is 7.11 Å². The van der Waals surface area contributed by atoms with E-state index in [1.165, 1.54) is 5.56 Å². The van der Waals surface area contributed by atoms with Crippen molar-refractivity contribution in [3.05, 3.63) is 29.3 Å². The van der Waals surface area contributed by atoms with Crippen LogP contribution in [-0.2, 0) is 0 Å². The number of methoxy groups -OCH3 is 1. The van der Waals surface area contributed by atoms with Crippen LogP contribution in [0.2, 0.25) is 0 Å². The lowest BCUT2D eigenvalue weighted by atomic mass is 9.83. The van der Waals surface area contributed by atoms with Gasteiger partial charge in [-0.15, -0.1) is 0 Å². The molecular formula is C16H28N2O. The lowest BCUT2D eigenvalue weighted by Gasteiger charge is -2.28. The molecule has 0 aliphatic carbocycles. The molecule has 1 aromatic rings. The Labute approximate surface area is 117 Å². The molecule has 19 heavy (non-hydrogen) atoms. The zero-order valence-corrected chi connectivity index (χ0v) is 12.8. The summed E-state index contributed by atoms with van der Waals surface area (Å²) in [6, 6.07) is 6.20. The van der Waals surface area contributed by atoms with E-state index < -0.39 is 0 Å². The number of hydrogen-bond donors (Lipinski definition) is 2. The molecule has 0 bridgehead atoms. The van der Waals surface area contributed by atoms with Crippen LogP contribution in [-0.4, -0.2) is 13.7 Å². The van der Waals surface area contributed by atoms with E-state index in [4.69, 9.17) is 16.2 Å². The number of ether oxygens (including phenoxy) is 1. The van der Waals surface area contributed by atoms with Gasteiger partial charge in [0.1, 0.15) is 5.75 Å². The summed E-state index contributed by atoms with van der Waals surface area (Å²) in [5.74, 6) is 2.05. The van der Waals surface area contributed by atoms with E-state index in [1.807, 2.05) is 6.07 Å². The highest BCUT2D eigenvalue weighted by atomic mass is 16.5. The second kappa shape index (κ2) is 6.92. The van der Waals surface area contributed by atoms with Crippen molar-refractivity contribution in [2.24, 2.45) is 23.3 Å². The Bertz CT molecular complexity index is 402. The number of nitrogens with two attached hydrogens (primary N) is 2. The molecule has 2 unspecified atom stereocenters. The predicted molar refractivity (Wildman–Crippen MR) is 81.4 cm³/mol. The van der Waals surface area contributed by atoms with Gasteiger partial charge in [0.2, 0.25) is 0 Å². The Morgan fingerprint density at radius 3 is 2.21 bits per heavy atom. The van der Waals surface area contributed by atoms with Gasteiger partial charge in [-0.25, -0.2) is 0 Å². The first-order valence-electron chi connectivity index (χ1n) is 7.05. The number of benzene rings is 1. The second-order valence-corrected chi connectivity index (χ2v) is 5.83. The standard InChI is InChI=1S/C16H28N2O/c1-10(2)12-6-7-15(19-5)13(8-12)16(18)14(9-17)11(3)4/h6-8,10-11,14,16H,9,17-18H2,1-5H3. The molecule has 0 saturated heterocycles. The van der Waals surface area contributed by atoms with E-state index in [0.717, 1.165) is 11.3 Å². The Morgan fingerprint density at radius 2 is 1.79 bits per heavy atom. The van der Waals surface area contributed by atoms with Crippen LogP contribution >= 0.6 is 0 Å². The molecule has 0 spiro atoms. The fraction of sp³-hybridized carbons (Fsp3) is 0.625. The van der Waals surface area contributed by atoms with E-state index in [2.05, 4.69) is 39.8 Å². The molecule has 1 aromatic carbocycles. The first kappa shape index (κ1) is 16.0. The molecule has 0 fully saturated rings. The summed E-state index contributed by atoms with van der Waals surface area (Å²) in [5.41, 5.74) is 14.7. The first-order chi connectivity index (χ1) is 8.92. The number of rotatable bonds is 6. The quantitative estimate of drug-likeness (QED) is 0.830. The van der Waals surface area contributed by atoms with Gasteiger partial charge in [0.25, 0.3) is 0 Å². The minimum Gasteiger partial charge on any atom is -0.496 e. The summed E-state index contributed by atoms with van der Waals surface area (Å²) >= 11 is 0. The Kier molecular flexibility index (Phi) is 5.83. The Balaban J connectivity index is 3.18. The maximum absolute atomic E-state index is 6.44. The SMILES string of the molecule is COc1ccc(C(C)C)cc1C(N)C(CN)C(C)C. The van der Waals surface area contributed by atoms with Gasteiger partial charge in [-0.2, -0.15) is 0 Å². The van der Waals surface area contributed by atoms with Crippen LogP contribution in [0.4, 0.5) is 0 Å². The molecule has 0 amide bonds. The summed E-state index contributed by atoms with van der Waals surface area (Å²) in [5, 5.41) is 0. The maximum atomic E-state index is 6.44. The van der Waals surface area contributed by atoms with Crippen molar-refractivity contribution >= 4 is 0 Å². The van der Waals surface area contributed by atoms with Crippen LogP contribution in [0.25, 0.3) is 0 Å². The summed E-state index contributed by atoms with van der Waals surface area (Å²) in [4.78, 5) is 0. The normalized spacial score (nSPS) is 14.8. The topological polar surface area (TPSA) is 61.3 Å². The summed E-state index contributed by atoms with van der Waals surface area (Å²) in [6.07, 6.45) is 0. The van der Waals surface area contributed by atoms with Gasteiger partial charge < -0.3 is 16.2 Å². The molecule has 0 saturated carbocycles. The lowest BCUT2D eigenvalue weighted by molar-refractivity contribution is 0.320.